The lowest BCUT2D eigenvalue weighted by Crippen LogP contribution is -2.42. The molecule has 1 aromatic heterocycles. The summed E-state index contributed by atoms with van der Waals surface area (Å²) in [6.45, 7) is 15.5. The van der Waals surface area contributed by atoms with E-state index in [1.807, 2.05) is 27.0 Å². The summed E-state index contributed by atoms with van der Waals surface area (Å²) in [6, 6.07) is 0.298. The lowest BCUT2D eigenvalue weighted by Gasteiger charge is -2.33. The quantitative estimate of drug-likeness (QED) is 0.693. The van der Waals surface area contributed by atoms with Crippen molar-refractivity contribution < 1.29 is 18.8 Å². The molecule has 0 N–H and O–H groups in total. The third-order valence-electron chi connectivity index (χ3n) is 7.16. The summed E-state index contributed by atoms with van der Waals surface area (Å²) in [5.41, 5.74) is 0.0995. The van der Waals surface area contributed by atoms with E-state index in [2.05, 4.69) is 38.6 Å². The lowest BCUT2D eigenvalue weighted by molar-refractivity contribution is 0.00578. The minimum atomic E-state index is -0.461. The van der Waals surface area contributed by atoms with E-state index in [0.29, 0.717) is 19.1 Å². The van der Waals surface area contributed by atoms with Crippen molar-refractivity contribution in [3.8, 4) is 0 Å². The van der Waals surface area contributed by atoms with E-state index < -0.39 is 5.60 Å². The number of carbonyl (C=O) groups is 1. The Bertz CT molecular complexity index is 786. The van der Waals surface area contributed by atoms with E-state index >= 15 is 0 Å². The summed E-state index contributed by atoms with van der Waals surface area (Å²) < 4.78 is 20.3. The Labute approximate surface area is 180 Å². The molecule has 0 bridgehead atoms. The molecule has 1 aromatic rings. The summed E-state index contributed by atoms with van der Waals surface area (Å²) >= 11 is 0. The van der Waals surface area contributed by atoms with Crippen LogP contribution >= 0.6 is 0 Å². The topological polar surface area (TPSA) is 65.8 Å². The zero-order chi connectivity index (χ0) is 21.9. The van der Waals surface area contributed by atoms with Crippen LogP contribution in [0.2, 0.25) is 0 Å². The molecule has 0 atom stereocenters. The van der Waals surface area contributed by atoms with Gasteiger partial charge in [0.15, 0.2) is 0 Å². The van der Waals surface area contributed by atoms with Crippen molar-refractivity contribution in [1.82, 2.24) is 14.7 Å². The second kappa shape index (κ2) is 6.99. The van der Waals surface area contributed by atoms with Crippen LogP contribution in [0, 0.1) is 0 Å². The van der Waals surface area contributed by atoms with Crippen LogP contribution in [0.25, 0.3) is 0 Å². The van der Waals surface area contributed by atoms with Crippen molar-refractivity contribution in [1.29, 1.82) is 0 Å². The zero-order valence-corrected chi connectivity index (χ0v) is 19.5. The van der Waals surface area contributed by atoms with Gasteiger partial charge in [-0.05, 0) is 79.7 Å². The highest BCUT2D eigenvalue weighted by atomic mass is 16.7. The number of aromatic nitrogens is 2. The predicted octanol–water partition coefficient (Wildman–Crippen LogP) is 4.12. The van der Waals surface area contributed by atoms with E-state index in [4.69, 9.17) is 19.1 Å². The Morgan fingerprint density at radius 2 is 1.70 bits per heavy atom. The first-order valence-corrected chi connectivity index (χ1v) is 11.2. The first kappa shape index (κ1) is 21.7. The average Bonchev–Trinajstić information content (AvgIpc) is 3.22. The lowest BCUT2D eigenvalue weighted by atomic mass is 9.65. The monoisotopic (exact) mass is 417 g/mol. The Morgan fingerprint density at radius 3 is 2.20 bits per heavy atom. The predicted molar refractivity (Wildman–Crippen MR) is 115 cm³/mol. The Hall–Kier alpha value is -1.54. The van der Waals surface area contributed by atoms with E-state index in [9.17, 15) is 4.79 Å². The standard InChI is InChI=1S/C22H36BN3O4/c1-19(2,3)28-18(27)25-12-8-17(9-13-25)26-15-16(14-24-26)22(10-11-22)23-29-20(4,5)21(6,7)30-23/h14-15,17H,8-13H2,1-7H3. The molecule has 3 heterocycles. The van der Waals surface area contributed by atoms with Gasteiger partial charge in [-0.3, -0.25) is 4.68 Å². The Balaban J connectivity index is 1.39. The molecule has 2 aliphatic heterocycles. The molecular weight excluding hydrogens is 381 g/mol. The molecule has 0 aromatic carbocycles. The number of likely N-dealkylation sites (tertiary alicyclic amines) is 1. The maximum absolute atomic E-state index is 12.3. The summed E-state index contributed by atoms with van der Waals surface area (Å²) in [5, 5.41) is 4.61. The molecule has 3 aliphatic rings. The molecule has 1 saturated carbocycles. The van der Waals surface area contributed by atoms with E-state index in [0.717, 1.165) is 25.7 Å². The first-order valence-electron chi connectivity index (χ1n) is 11.2. The third-order valence-corrected chi connectivity index (χ3v) is 7.16. The number of amides is 1. The van der Waals surface area contributed by atoms with Crippen molar-refractivity contribution in [3.05, 3.63) is 18.0 Å². The molecule has 1 aliphatic carbocycles. The molecule has 7 nitrogen and oxygen atoms in total. The maximum atomic E-state index is 12.3. The van der Waals surface area contributed by atoms with Gasteiger partial charge < -0.3 is 18.9 Å². The van der Waals surface area contributed by atoms with Crippen LogP contribution in [0.1, 0.15) is 85.8 Å². The third kappa shape index (κ3) is 3.88. The molecule has 8 heteroatoms. The molecule has 166 valence electrons. The molecule has 0 radical (unpaired) electrons. The minimum absolute atomic E-state index is 0.0828. The summed E-state index contributed by atoms with van der Waals surface area (Å²) in [7, 11) is -0.228. The maximum Gasteiger partial charge on any atom is 0.469 e. The number of piperidine rings is 1. The van der Waals surface area contributed by atoms with Gasteiger partial charge in [-0.2, -0.15) is 5.10 Å². The number of ether oxygens (including phenoxy) is 1. The molecule has 30 heavy (non-hydrogen) atoms. The molecule has 2 saturated heterocycles. The number of nitrogens with zero attached hydrogens (tertiary/aromatic N) is 3. The number of carbonyl (C=O) groups excluding carboxylic acids is 1. The largest absolute Gasteiger partial charge is 0.469 e. The molecule has 0 spiro atoms. The SMILES string of the molecule is CC(C)(C)OC(=O)N1CCC(n2cc(C3(B4OC(C)(C)C(C)(C)O4)CC3)cn2)CC1. The Morgan fingerprint density at radius 1 is 1.13 bits per heavy atom. The van der Waals surface area contributed by atoms with Crippen LogP contribution in [0.5, 0.6) is 0 Å². The van der Waals surface area contributed by atoms with Crippen LogP contribution in [0.3, 0.4) is 0 Å². The first-order chi connectivity index (χ1) is 13.8. The summed E-state index contributed by atoms with van der Waals surface area (Å²) in [5.74, 6) is 0. The van der Waals surface area contributed by atoms with Gasteiger partial charge in [0, 0.05) is 24.6 Å². The van der Waals surface area contributed by atoms with Gasteiger partial charge in [0.1, 0.15) is 5.60 Å². The van der Waals surface area contributed by atoms with Crippen molar-refractivity contribution in [2.75, 3.05) is 13.1 Å². The van der Waals surface area contributed by atoms with Crippen LogP contribution in [0.4, 0.5) is 4.79 Å². The van der Waals surface area contributed by atoms with Gasteiger partial charge in [0.25, 0.3) is 0 Å². The number of hydrogen-bond donors (Lipinski definition) is 0. The molecule has 1 amide bonds. The zero-order valence-electron chi connectivity index (χ0n) is 19.5. The fraction of sp³-hybridized carbons (Fsp3) is 0.818. The van der Waals surface area contributed by atoms with Crippen molar-refractivity contribution in [2.45, 2.75) is 102 Å². The molecule has 3 fully saturated rings. The van der Waals surface area contributed by atoms with Gasteiger partial charge >= 0.3 is 13.2 Å². The molecular formula is C22H36BN3O4. The van der Waals surface area contributed by atoms with Gasteiger partial charge in [0.2, 0.25) is 0 Å². The summed E-state index contributed by atoms with van der Waals surface area (Å²) in [6.07, 6.45) is 7.82. The second-order valence-electron chi connectivity index (χ2n) is 11.2. The van der Waals surface area contributed by atoms with Crippen molar-refractivity contribution >= 4 is 13.2 Å². The van der Waals surface area contributed by atoms with Crippen molar-refractivity contribution in [3.63, 3.8) is 0 Å². The summed E-state index contributed by atoms with van der Waals surface area (Å²) in [4.78, 5) is 14.1. The van der Waals surface area contributed by atoms with E-state index in [-0.39, 0.29) is 29.7 Å². The van der Waals surface area contributed by atoms with Gasteiger partial charge in [-0.15, -0.1) is 0 Å². The smallest absolute Gasteiger partial charge is 0.444 e. The van der Waals surface area contributed by atoms with E-state index in [1.165, 1.54) is 5.56 Å². The highest BCUT2D eigenvalue weighted by Gasteiger charge is 2.65. The van der Waals surface area contributed by atoms with Crippen LogP contribution < -0.4 is 0 Å². The fourth-order valence-corrected chi connectivity index (χ4v) is 4.30. The second-order valence-corrected chi connectivity index (χ2v) is 11.2. The normalized spacial score (nSPS) is 25.4. The highest BCUT2D eigenvalue weighted by molar-refractivity contribution is 6.51. The molecule has 4 rings (SSSR count). The van der Waals surface area contributed by atoms with Crippen LogP contribution in [0.15, 0.2) is 12.4 Å². The number of hydrogen-bond acceptors (Lipinski definition) is 5. The van der Waals surface area contributed by atoms with Gasteiger partial charge in [-0.25, -0.2) is 4.79 Å². The van der Waals surface area contributed by atoms with E-state index in [1.54, 1.807) is 4.90 Å². The van der Waals surface area contributed by atoms with Gasteiger partial charge in [0.05, 0.1) is 23.4 Å². The van der Waals surface area contributed by atoms with Crippen LogP contribution in [-0.4, -0.2) is 57.8 Å². The minimum Gasteiger partial charge on any atom is -0.444 e. The fourth-order valence-electron chi connectivity index (χ4n) is 4.30. The van der Waals surface area contributed by atoms with Crippen LogP contribution in [-0.2, 0) is 19.4 Å². The van der Waals surface area contributed by atoms with Crippen molar-refractivity contribution in [2.24, 2.45) is 0 Å². The number of rotatable bonds is 3. The Kier molecular flexibility index (Phi) is 5.05. The van der Waals surface area contributed by atoms with Gasteiger partial charge in [-0.1, -0.05) is 0 Å². The average molecular weight is 417 g/mol. The highest BCUT2D eigenvalue weighted by Crippen LogP contribution is 2.55. The molecule has 0 unspecified atom stereocenters.